The van der Waals surface area contributed by atoms with Crippen LogP contribution in [0.4, 0.5) is 25.0 Å². The minimum Gasteiger partial charge on any atom is -0.311 e. The van der Waals surface area contributed by atoms with Gasteiger partial charge in [0.05, 0.1) is 11.4 Å². The van der Waals surface area contributed by atoms with Gasteiger partial charge in [-0.25, -0.2) is 18.6 Å². The fraction of sp³-hybridized carbons (Fsp3) is 0.0870. The van der Waals surface area contributed by atoms with E-state index in [1.807, 2.05) is 48.5 Å². The molecule has 0 bridgehead atoms. The predicted molar refractivity (Wildman–Crippen MR) is 114 cm³/mol. The SMILES string of the molecule is CN1C(=O)C(NC(=O)Nc2ccc(F)c(F)c2)N=C(c2ccccc2)c2ccccc21. The van der Waals surface area contributed by atoms with Gasteiger partial charge in [-0.15, -0.1) is 0 Å². The molecule has 2 N–H and O–H groups in total. The molecule has 0 aliphatic carbocycles. The molecule has 3 aromatic rings. The second-order valence-corrected chi connectivity index (χ2v) is 6.89. The Morgan fingerprint density at radius 2 is 1.68 bits per heavy atom. The Hall–Kier alpha value is -4.07. The van der Waals surface area contributed by atoms with E-state index in [0.717, 1.165) is 23.3 Å². The number of nitrogens with one attached hydrogen (secondary N) is 2. The first-order chi connectivity index (χ1) is 14.9. The zero-order valence-electron chi connectivity index (χ0n) is 16.5. The van der Waals surface area contributed by atoms with Crippen molar-refractivity contribution in [3.05, 3.63) is 95.6 Å². The largest absolute Gasteiger partial charge is 0.321 e. The highest BCUT2D eigenvalue weighted by molar-refractivity contribution is 6.20. The second kappa shape index (κ2) is 8.35. The summed E-state index contributed by atoms with van der Waals surface area (Å²) >= 11 is 0. The van der Waals surface area contributed by atoms with Crippen LogP contribution in [-0.2, 0) is 4.79 Å². The molecule has 0 saturated heterocycles. The van der Waals surface area contributed by atoms with Gasteiger partial charge in [-0.05, 0) is 18.2 Å². The van der Waals surface area contributed by atoms with E-state index in [-0.39, 0.29) is 5.69 Å². The molecule has 1 aliphatic rings. The predicted octanol–water partition coefficient (Wildman–Crippen LogP) is 3.93. The number of carbonyl (C=O) groups excluding carboxylic acids is 2. The van der Waals surface area contributed by atoms with Gasteiger partial charge in [0.25, 0.3) is 5.91 Å². The van der Waals surface area contributed by atoms with Crippen LogP contribution in [0, 0.1) is 11.6 Å². The van der Waals surface area contributed by atoms with Crippen LogP contribution in [0.15, 0.2) is 77.8 Å². The summed E-state index contributed by atoms with van der Waals surface area (Å²) in [5.74, 6) is -2.57. The summed E-state index contributed by atoms with van der Waals surface area (Å²) in [5, 5.41) is 4.90. The Morgan fingerprint density at radius 3 is 2.42 bits per heavy atom. The van der Waals surface area contributed by atoms with Crippen LogP contribution in [-0.4, -0.2) is 30.9 Å². The monoisotopic (exact) mass is 420 g/mol. The molecular weight excluding hydrogens is 402 g/mol. The van der Waals surface area contributed by atoms with E-state index in [1.54, 1.807) is 13.1 Å². The number of para-hydroxylation sites is 1. The quantitative estimate of drug-likeness (QED) is 0.674. The van der Waals surface area contributed by atoms with Gasteiger partial charge in [0.1, 0.15) is 0 Å². The summed E-state index contributed by atoms with van der Waals surface area (Å²) < 4.78 is 26.5. The van der Waals surface area contributed by atoms with Crippen molar-refractivity contribution in [2.45, 2.75) is 6.17 Å². The lowest BCUT2D eigenvalue weighted by atomic mass is 10.0. The Kier molecular flexibility index (Phi) is 5.44. The first-order valence-corrected chi connectivity index (χ1v) is 9.47. The van der Waals surface area contributed by atoms with E-state index in [4.69, 9.17) is 0 Å². The maximum atomic E-state index is 13.4. The number of urea groups is 1. The van der Waals surface area contributed by atoms with Gasteiger partial charge in [0.2, 0.25) is 6.17 Å². The maximum Gasteiger partial charge on any atom is 0.321 e. The molecule has 0 radical (unpaired) electrons. The average Bonchev–Trinajstić information content (AvgIpc) is 2.88. The third-order valence-corrected chi connectivity index (χ3v) is 4.84. The third-order valence-electron chi connectivity index (χ3n) is 4.84. The van der Waals surface area contributed by atoms with Gasteiger partial charge in [0.15, 0.2) is 11.6 Å². The van der Waals surface area contributed by atoms with Gasteiger partial charge >= 0.3 is 6.03 Å². The van der Waals surface area contributed by atoms with Crippen molar-refractivity contribution in [3.63, 3.8) is 0 Å². The number of hydrogen-bond acceptors (Lipinski definition) is 3. The number of halogens is 2. The number of anilines is 2. The van der Waals surface area contributed by atoms with E-state index in [2.05, 4.69) is 15.6 Å². The zero-order valence-corrected chi connectivity index (χ0v) is 16.5. The summed E-state index contributed by atoms with van der Waals surface area (Å²) in [5.41, 5.74) is 2.77. The van der Waals surface area contributed by atoms with E-state index < -0.39 is 29.7 Å². The molecule has 156 valence electrons. The van der Waals surface area contributed by atoms with E-state index >= 15 is 0 Å². The molecule has 0 aromatic heterocycles. The molecule has 0 spiro atoms. The van der Waals surface area contributed by atoms with Crippen LogP contribution in [0.5, 0.6) is 0 Å². The molecular formula is C23H18F2N4O2. The Balaban J connectivity index is 1.67. The van der Waals surface area contributed by atoms with Crippen molar-refractivity contribution in [2.75, 3.05) is 17.3 Å². The fourth-order valence-electron chi connectivity index (χ4n) is 3.31. The smallest absolute Gasteiger partial charge is 0.311 e. The van der Waals surface area contributed by atoms with Crippen molar-refractivity contribution in [2.24, 2.45) is 4.99 Å². The van der Waals surface area contributed by atoms with Crippen molar-refractivity contribution in [3.8, 4) is 0 Å². The van der Waals surface area contributed by atoms with Crippen LogP contribution in [0.3, 0.4) is 0 Å². The summed E-state index contributed by atoms with van der Waals surface area (Å²) in [6.45, 7) is 0. The van der Waals surface area contributed by atoms with Gasteiger partial charge in [-0.1, -0.05) is 48.5 Å². The van der Waals surface area contributed by atoms with E-state index in [1.165, 1.54) is 11.0 Å². The Morgan fingerprint density at radius 1 is 0.968 bits per heavy atom. The van der Waals surface area contributed by atoms with Crippen LogP contribution < -0.4 is 15.5 Å². The topological polar surface area (TPSA) is 73.8 Å². The van der Waals surface area contributed by atoms with Gasteiger partial charge in [0, 0.05) is 29.9 Å². The molecule has 3 aromatic carbocycles. The third kappa shape index (κ3) is 4.13. The zero-order chi connectivity index (χ0) is 22.0. The summed E-state index contributed by atoms with van der Waals surface area (Å²) in [6.07, 6.45) is -1.22. The average molecular weight is 420 g/mol. The number of benzodiazepines with no additional fused rings is 1. The first-order valence-electron chi connectivity index (χ1n) is 9.47. The molecule has 1 heterocycles. The van der Waals surface area contributed by atoms with Crippen molar-refractivity contribution >= 4 is 29.0 Å². The number of hydrogen-bond donors (Lipinski definition) is 2. The van der Waals surface area contributed by atoms with Crippen LogP contribution in [0.1, 0.15) is 11.1 Å². The molecule has 0 fully saturated rings. The Bertz CT molecular complexity index is 1180. The van der Waals surface area contributed by atoms with Crippen molar-refractivity contribution in [1.82, 2.24) is 5.32 Å². The Labute approximate surface area is 177 Å². The van der Waals surface area contributed by atoms with Crippen molar-refractivity contribution in [1.29, 1.82) is 0 Å². The molecule has 0 saturated carbocycles. The molecule has 4 rings (SSSR count). The molecule has 6 nitrogen and oxygen atoms in total. The molecule has 1 atom stereocenters. The van der Waals surface area contributed by atoms with Crippen LogP contribution in [0.25, 0.3) is 0 Å². The lowest BCUT2D eigenvalue weighted by Gasteiger charge is -2.21. The molecule has 1 aliphatic heterocycles. The fourth-order valence-corrected chi connectivity index (χ4v) is 3.31. The number of likely N-dealkylation sites (N-methyl/N-ethyl adjacent to an activating group) is 1. The van der Waals surface area contributed by atoms with Crippen LogP contribution in [0.2, 0.25) is 0 Å². The highest BCUT2D eigenvalue weighted by atomic mass is 19.2. The van der Waals surface area contributed by atoms with Crippen molar-refractivity contribution < 1.29 is 18.4 Å². The lowest BCUT2D eigenvalue weighted by Crippen LogP contribution is -2.47. The number of fused-ring (bicyclic) bond motifs is 1. The maximum absolute atomic E-state index is 13.4. The number of carbonyl (C=O) groups is 2. The molecule has 8 heteroatoms. The molecule has 1 unspecified atom stereocenters. The summed E-state index contributed by atoms with van der Waals surface area (Å²) in [4.78, 5) is 31.5. The number of amides is 3. The van der Waals surface area contributed by atoms with Gasteiger partial charge < -0.3 is 15.5 Å². The van der Waals surface area contributed by atoms with Crippen LogP contribution >= 0.6 is 0 Å². The normalized spacial score (nSPS) is 15.6. The minimum atomic E-state index is -1.22. The number of nitrogens with zero attached hydrogens (tertiary/aromatic N) is 2. The lowest BCUT2D eigenvalue weighted by molar-refractivity contribution is -0.119. The molecule has 3 amide bonds. The highest BCUT2D eigenvalue weighted by Gasteiger charge is 2.30. The highest BCUT2D eigenvalue weighted by Crippen LogP contribution is 2.27. The standard InChI is InChI=1S/C23H18F2N4O2/c1-29-19-10-6-5-9-16(19)20(14-7-3-2-4-8-14)27-21(22(29)30)28-23(31)26-15-11-12-17(24)18(25)13-15/h2-13,21H,1H3,(H2,26,28,31). The molecule has 31 heavy (non-hydrogen) atoms. The number of rotatable bonds is 3. The second-order valence-electron chi connectivity index (χ2n) is 6.89. The van der Waals surface area contributed by atoms with Gasteiger partial charge in [-0.2, -0.15) is 0 Å². The number of aliphatic imine (C=N–C) groups is 1. The van der Waals surface area contributed by atoms with E-state index in [9.17, 15) is 18.4 Å². The van der Waals surface area contributed by atoms with E-state index in [0.29, 0.717) is 11.4 Å². The minimum absolute atomic E-state index is 0.0429. The number of benzene rings is 3. The summed E-state index contributed by atoms with van der Waals surface area (Å²) in [7, 11) is 1.60. The summed E-state index contributed by atoms with van der Waals surface area (Å²) in [6, 6.07) is 18.8. The van der Waals surface area contributed by atoms with Gasteiger partial charge in [-0.3, -0.25) is 4.79 Å². The first kappa shape index (κ1) is 20.2.